The topological polar surface area (TPSA) is 12.5 Å². The molecule has 0 saturated heterocycles. The van der Waals surface area contributed by atoms with E-state index in [2.05, 4.69) is 56.9 Å². The number of hydrogen-bond donors (Lipinski definition) is 0. The van der Waals surface area contributed by atoms with Gasteiger partial charge in [0.1, 0.15) is 0 Å². The minimum absolute atomic E-state index is 0.586. The third-order valence-electron chi connectivity index (χ3n) is 3.20. The van der Waals surface area contributed by atoms with Gasteiger partial charge in [-0.1, -0.05) is 30.3 Å². The fourth-order valence-electron chi connectivity index (χ4n) is 2.22. The lowest BCUT2D eigenvalue weighted by atomic mass is 10.2. The van der Waals surface area contributed by atoms with Crippen LogP contribution >= 0.6 is 0 Å². The molecule has 0 aliphatic rings. The molecule has 0 aromatic heterocycles. The van der Waals surface area contributed by atoms with Crippen LogP contribution in [-0.2, 0) is 11.2 Å². The second-order valence-electron chi connectivity index (χ2n) is 5.27. The van der Waals surface area contributed by atoms with Crippen LogP contribution in [0.15, 0.2) is 30.3 Å². The maximum atomic E-state index is 5.73. The summed E-state index contributed by atoms with van der Waals surface area (Å²) in [4.78, 5) is 2.46. The zero-order valence-electron chi connectivity index (χ0n) is 12.2. The zero-order chi connectivity index (χ0) is 13.4. The predicted octanol–water partition coefficient (Wildman–Crippen LogP) is 3.36. The van der Waals surface area contributed by atoms with E-state index in [4.69, 9.17) is 4.74 Å². The number of hydrogen-bond acceptors (Lipinski definition) is 2. The highest BCUT2D eigenvalue weighted by Gasteiger charge is 2.12. The average molecular weight is 249 g/mol. The first kappa shape index (κ1) is 15.2. The Bertz CT molecular complexity index is 300. The molecular formula is C16H27NO. The quantitative estimate of drug-likeness (QED) is 0.655. The largest absolute Gasteiger partial charge is 0.380 e. The van der Waals surface area contributed by atoms with Crippen molar-refractivity contribution < 1.29 is 4.74 Å². The summed E-state index contributed by atoms with van der Waals surface area (Å²) in [7, 11) is 0. The van der Waals surface area contributed by atoms with Gasteiger partial charge in [0.25, 0.3) is 0 Å². The summed E-state index contributed by atoms with van der Waals surface area (Å²) in [6, 6.07) is 11.7. The Balaban J connectivity index is 2.15. The van der Waals surface area contributed by atoms with Crippen LogP contribution in [0.3, 0.4) is 0 Å². The maximum absolute atomic E-state index is 5.73. The minimum atomic E-state index is 0.586. The number of nitrogens with zero attached hydrogens (tertiary/aromatic N) is 1. The second-order valence-corrected chi connectivity index (χ2v) is 5.27. The lowest BCUT2D eigenvalue weighted by Crippen LogP contribution is -2.39. The van der Waals surface area contributed by atoms with Crippen LogP contribution in [-0.4, -0.2) is 36.7 Å². The number of rotatable bonds is 8. The second kappa shape index (κ2) is 8.28. The van der Waals surface area contributed by atoms with Gasteiger partial charge in [-0.3, -0.25) is 4.90 Å². The summed E-state index contributed by atoms with van der Waals surface area (Å²) in [5.41, 5.74) is 1.35. The Hall–Kier alpha value is -0.860. The van der Waals surface area contributed by atoms with Gasteiger partial charge in [0.2, 0.25) is 0 Å². The molecule has 0 fully saturated rings. The molecule has 0 saturated carbocycles. The van der Waals surface area contributed by atoms with Crippen LogP contribution in [0.5, 0.6) is 0 Å². The van der Waals surface area contributed by atoms with Crippen molar-refractivity contribution in [2.75, 3.05) is 19.8 Å². The predicted molar refractivity (Wildman–Crippen MR) is 77.9 cm³/mol. The van der Waals surface area contributed by atoms with Crippen LogP contribution in [0.2, 0.25) is 0 Å². The molecule has 1 rings (SSSR count). The fraction of sp³-hybridized carbons (Fsp3) is 0.625. The van der Waals surface area contributed by atoms with Gasteiger partial charge in [-0.2, -0.15) is 0 Å². The van der Waals surface area contributed by atoms with E-state index >= 15 is 0 Å². The molecular weight excluding hydrogens is 222 g/mol. The van der Waals surface area contributed by atoms with Crippen molar-refractivity contribution in [2.24, 2.45) is 0 Å². The Labute approximate surface area is 112 Å². The van der Waals surface area contributed by atoms with Gasteiger partial charge in [-0.05, 0) is 39.7 Å². The summed E-state index contributed by atoms with van der Waals surface area (Å²) in [6.07, 6.45) is 1.00. The van der Waals surface area contributed by atoms with Crippen molar-refractivity contribution in [3.63, 3.8) is 0 Å². The maximum Gasteiger partial charge on any atom is 0.0593 e. The van der Waals surface area contributed by atoms with Crippen molar-refractivity contribution in [2.45, 2.75) is 46.2 Å². The van der Waals surface area contributed by atoms with Gasteiger partial charge in [-0.15, -0.1) is 0 Å². The van der Waals surface area contributed by atoms with E-state index in [1.54, 1.807) is 0 Å². The summed E-state index contributed by atoms with van der Waals surface area (Å²) in [6.45, 7) is 11.6. The first-order valence-electron chi connectivity index (χ1n) is 6.98. The molecule has 0 radical (unpaired) electrons. The molecule has 0 atom stereocenters. The highest BCUT2D eigenvalue weighted by atomic mass is 16.5. The summed E-state index contributed by atoms with van der Waals surface area (Å²) in [5.74, 6) is 0. The molecule has 0 heterocycles. The molecule has 1 aromatic rings. The number of ether oxygens (including phenoxy) is 1. The molecule has 0 aliphatic carbocycles. The van der Waals surface area contributed by atoms with Crippen LogP contribution in [0, 0.1) is 0 Å². The van der Waals surface area contributed by atoms with E-state index in [-0.39, 0.29) is 0 Å². The first-order chi connectivity index (χ1) is 8.61. The molecule has 0 amide bonds. The normalized spacial score (nSPS) is 11.7. The van der Waals surface area contributed by atoms with E-state index in [0.717, 1.165) is 26.2 Å². The van der Waals surface area contributed by atoms with Crippen molar-refractivity contribution >= 4 is 0 Å². The monoisotopic (exact) mass is 249 g/mol. The van der Waals surface area contributed by atoms with Crippen LogP contribution in [0.25, 0.3) is 0 Å². The summed E-state index contributed by atoms with van der Waals surface area (Å²) >= 11 is 0. The smallest absolute Gasteiger partial charge is 0.0593 e. The molecule has 1 aromatic carbocycles. The van der Waals surface area contributed by atoms with E-state index in [9.17, 15) is 0 Å². The van der Waals surface area contributed by atoms with Crippen molar-refractivity contribution in [1.82, 2.24) is 4.90 Å². The van der Waals surface area contributed by atoms with Gasteiger partial charge < -0.3 is 4.74 Å². The van der Waals surface area contributed by atoms with Crippen LogP contribution in [0.4, 0.5) is 0 Å². The molecule has 18 heavy (non-hydrogen) atoms. The fourth-order valence-corrected chi connectivity index (χ4v) is 2.22. The number of benzene rings is 1. The Morgan fingerprint density at radius 3 is 2.11 bits per heavy atom. The zero-order valence-corrected chi connectivity index (χ0v) is 12.2. The first-order valence-corrected chi connectivity index (χ1v) is 6.98. The molecule has 0 aliphatic heterocycles. The van der Waals surface area contributed by atoms with E-state index < -0.39 is 0 Å². The van der Waals surface area contributed by atoms with Gasteiger partial charge in [0.15, 0.2) is 0 Å². The highest BCUT2D eigenvalue weighted by molar-refractivity contribution is 5.14. The standard InChI is InChI=1S/C16H27NO/c1-14(2)17(15(3)4)11-13-18-12-10-16-8-6-5-7-9-16/h5-9,14-15H,10-13H2,1-4H3. The van der Waals surface area contributed by atoms with E-state index in [0.29, 0.717) is 12.1 Å². The third-order valence-corrected chi connectivity index (χ3v) is 3.20. The molecule has 0 bridgehead atoms. The highest BCUT2D eigenvalue weighted by Crippen LogP contribution is 2.04. The van der Waals surface area contributed by atoms with Crippen molar-refractivity contribution in [3.05, 3.63) is 35.9 Å². The van der Waals surface area contributed by atoms with Gasteiger partial charge in [0, 0.05) is 18.6 Å². The molecule has 0 N–H and O–H groups in total. The molecule has 2 heteroatoms. The lowest BCUT2D eigenvalue weighted by molar-refractivity contribution is 0.0800. The van der Waals surface area contributed by atoms with Crippen LogP contribution in [0.1, 0.15) is 33.3 Å². The lowest BCUT2D eigenvalue weighted by Gasteiger charge is -2.30. The molecule has 2 nitrogen and oxygen atoms in total. The van der Waals surface area contributed by atoms with Crippen LogP contribution < -0.4 is 0 Å². The molecule has 0 unspecified atom stereocenters. The third kappa shape index (κ3) is 5.65. The van der Waals surface area contributed by atoms with E-state index in [1.165, 1.54) is 5.56 Å². The van der Waals surface area contributed by atoms with Gasteiger partial charge in [0.05, 0.1) is 13.2 Å². The van der Waals surface area contributed by atoms with Gasteiger partial charge in [-0.25, -0.2) is 0 Å². The molecule has 102 valence electrons. The van der Waals surface area contributed by atoms with E-state index in [1.807, 2.05) is 6.07 Å². The van der Waals surface area contributed by atoms with Crippen molar-refractivity contribution in [3.8, 4) is 0 Å². The summed E-state index contributed by atoms with van der Waals surface area (Å²) < 4.78 is 5.73. The Morgan fingerprint density at radius 2 is 1.56 bits per heavy atom. The Morgan fingerprint density at radius 1 is 0.944 bits per heavy atom. The Kier molecular flexibility index (Phi) is 6.99. The van der Waals surface area contributed by atoms with Crippen molar-refractivity contribution in [1.29, 1.82) is 0 Å². The SMILES string of the molecule is CC(C)N(CCOCCc1ccccc1)C(C)C. The summed E-state index contributed by atoms with van der Waals surface area (Å²) in [5, 5.41) is 0. The molecule has 0 spiro atoms. The average Bonchev–Trinajstić information content (AvgIpc) is 2.34. The minimum Gasteiger partial charge on any atom is -0.380 e. The van der Waals surface area contributed by atoms with Gasteiger partial charge >= 0.3 is 0 Å².